The van der Waals surface area contributed by atoms with Crippen molar-refractivity contribution in [1.29, 1.82) is 0 Å². The van der Waals surface area contributed by atoms with Crippen LogP contribution in [0.25, 0.3) is 0 Å². The van der Waals surface area contributed by atoms with Gasteiger partial charge in [0.25, 0.3) is 5.69 Å². The fraction of sp³-hybridized carbons (Fsp3) is 0.0233. The van der Waals surface area contributed by atoms with Gasteiger partial charge in [0.2, 0.25) is 0 Å². The van der Waals surface area contributed by atoms with Gasteiger partial charge in [0.05, 0.1) is 4.92 Å². The molecule has 0 aliphatic heterocycles. The number of halogens is 20. The number of rotatable bonds is 9. The second kappa shape index (κ2) is 19.0. The van der Waals surface area contributed by atoms with Crippen LogP contribution in [0, 0.1) is 126 Å². The Morgan fingerprint density at radius 2 is 0.565 bits per heavy atom. The van der Waals surface area contributed by atoms with Crippen LogP contribution in [-0.2, 0) is 19.9 Å². The fourth-order valence-electron chi connectivity index (χ4n) is 7.41. The molecule has 0 unspecified atom stereocenters. The molecule has 0 saturated heterocycles. The van der Waals surface area contributed by atoms with Crippen LogP contribution in [0.3, 0.4) is 0 Å². The SMILES string of the molecule is Fc1c(F)c(F)c([B-](c2c(F)c(F)c(F)c(F)c2F)(c2c(F)c(F)c(F)c(F)c2F)c2c(F)c(F)c(F)c(F)c2F)c(F)c1F.O=[N+]([O-])c1ccc(C[S+](=O)(c2ccccc2)c2ccccc2)cc1. The number of nitro groups is 1. The summed E-state index contributed by atoms with van der Waals surface area (Å²) in [5.41, 5.74) is -13.5. The molecule has 4 nitrogen and oxygen atoms in total. The highest BCUT2D eigenvalue weighted by Gasteiger charge is 2.52. The first-order chi connectivity index (χ1) is 32.3. The third kappa shape index (κ3) is 8.22. The van der Waals surface area contributed by atoms with Gasteiger partial charge in [-0.05, 0) is 36.4 Å². The molecule has 0 saturated carbocycles. The molecule has 7 rings (SSSR count). The Balaban J connectivity index is 0.000000273. The molecule has 0 aliphatic rings. The van der Waals surface area contributed by atoms with Gasteiger partial charge < -0.3 is 0 Å². The highest BCUT2D eigenvalue weighted by atomic mass is 32.2. The van der Waals surface area contributed by atoms with Crippen LogP contribution >= 0.6 is 0 Å². The van der Waals surface area contributed by atoms with E-state index >= 15 is 35.1 Å². The molecular formula is C43H16BF20NO3S. The van der Waals surface area contributed by atoms with E-state index in [9.17, 15) is 67.0 Å². The van der Waals surface area contributed by atoms with Crippen molar-refractivity contribution in [2.24, 2.45) is 0 Å². The first-order valence-electron chi connectivity index (χ1n) is 18.4. The Morgan fingerprint density at radius 1 is 0.348 bits per heavy atom. The highest BCUT2D eigenvalue weighted by Crippen LogP contribution is 2.34. The van der Waals surface area contributed by atoms with Crippen molar-refractivity contribution in [3.05, 3.63) is 217 Å². The average Bonchev–Trinajstić information content (AvgIpc) is 3.34. The number of nitro benzene ring substituents is 1. The van der Waals surface area contributed by atoms with Crippen LogP contribution in [-0.4, -0.2) is 11.1 Å². The van der Waals surface area contributed by atoms with E-state index in [1.54, 1.807) is 12.1 Å². The van der Waals surface area contributed by atoms with Crippen molar-refractivity contribution < 1.29 is 96.9 Å². The summed E-state index contributed by atoms with van der Waals surface area (Å²) in [6.45, 7) is 0. The van der Waals surface area contributed by atoms with Gasteiger partial charge in [-0.1, -0.05) is 40.6 Å². The van der Waals surface area contributed by atoms with Crippen LogP contribution in [0.4, 0.5) is 93.5 Å². The van der Waals surface area contributed by atoms with Crippen molar-refractivity contribution in [2.45, 2.75) is 15.5 Å². The number of non-ortho nitro benzene ring substituents is 1. The predicted octanol–water partition coefficient (Wildman–Crippen LogP) is 10.6. The molecule has 0 fully saturated rings. The molecule has 0 spiro atoms. The number of benzene rings is 7. The third-order valence-corrected chi connectivity index (χ3v) is 13.3. The van der Waals surface area contributed by atoms with Gasteiger partial charge in [-0.3, -0.25) is 10.1 Å². The minimum Gasteiger partial charge on any atom is -0.258 e. The summed E-state index contributed by atoms with van der Waals surface area (Å²) in [5, 5.41) is 10.8. The molecule has 0 radical (unpaired) electrons. The highest BCUT2D eigenvalue weighted by molar-refractivity contribution is 8.02. The fourth-order valence-corrected chi connectivity index (χ4v) is 9.87. The number of nitrogens with zero attached hydrogens (tertiary/aromatic N) is 1. The van der Waals surface area contributed by atoms with Gasteiger partial charge in [-0.2, -0.15) is 0 Å². The maximum atomic E-state index is 15.4. The van der Waals surface area contributed by atoms with E-state index in [2.05, 4.69) is 0 Å². The Morgan fingerprint density at radius 3 is 0.783 bits per heavy atom. The Labute approximate surface area is 372 Å². The summed E-state index contributed by atoms with van der Waals surface area (Å²) < 4.78 is 308. The van der Waals surface area contributed by atoms with Gasteiger partial charge in [-0.15, -0.1) is 21.9 Å². The maximum absolute atomic E-state index is 15.4. The summed E-state index contributed by atoms with van der Waals surface area (Å²) in [4.78, 5) is 11.9. The first kappa shape index (κ1) is 51.2. The minimum absolute atomic E-state index is 0.0321. The third-order valence-electron chi connectivity index (χ3n) is 10.5. The largest absolute Gasteiger partial charge is 0.269 e. The molecule has 0 aliphatic carbocycles. The average molecular weight is 1020 g/mol. The molecule has 0 bridgehead atoms. The quantitative estimate of drug-likeness (QED) is 0.0275. The van der Waals surface area contributed by atoms with Crippen molar-refractivity contribution in [1.82, 2.24) is 0 Å². The van der Waals surface area contributed by atoms with Gasteiger partial charge >= 0.3 is 0 Å². The standard InChI is InChI=1S/C24BF20.C19H16NO3S/c26-5-1(6(27)14(35)21(42)13(5)34)25(2-7(28)15(36)22(43)16(37)8(2)29,3-9(30)17(38)23(44)18(39)10(3)31)4-11(32)19(40)24(45)20(41)12(4)33;21-20(22)17-13-11-16(12-14-17)15-24(23,18-7-3-1-4-8-18)19-9-5-2-6-10-19/h;1-14H,15H2/q-1;+1. The van der Waals surface area contributed by atoms with E-state index in [4.69, 9.17) is 0 Å². The topological polar surface area (TPSA) is 60.2 Å². The number of hydrogen-bond acceptors (Lipinski definition) is 3. The maximum Gasteiger partial charge on any atom is 0.269 e. The van der Waals surface area contributed by atoms with Crippen LogP contribution in [0.2, 0.25) is 0 Å². The molecule has 0 amide bonds. The Bertz CT molecular complexity index is 2830. The zero-order chi connectivity index (χ0) is 51.3. The second-order valence-corrected chi connectivity index (χ2v) is 16.8. The lowest BCUT2D eigenvalue weighted by Crippen LogP contribution is -2.81. The zero-order valence-corrected chi connectivity index (χ0v) is 33.8. The second-order valence-electron chi connectivity index (χ2n) is 14.2. The lowest BCUT2D eigenvalue weighted by molar-refractivity contribution is -0.384. The zero-order valence-electron chi connectivity index (χ0n) is 33.0. The van der Waals surface area contributed by atoms with Gasteiger partial charge in [0.1, 0.15) is 58.4 Å². The molecule has 26 heteroatoms. The Kier molecular flexibility index (Phi) is 14.1. The van der Waals surface area contributed by atoms with Crippen LogP contribution in [0.1, 0.15) is 5.56 Å². The molecule has 69 heavy (non-hydrogen) atoms. The summed E-state index contributed by atoms with van der Waals surface area (Å²) in [7, 11) is -2.50. The molecule has 360 valence electrons. The van der Waals surface area contributed by atoms with Crippen LogP contribution in [0.15, 0.2) is 94.7 Å². The molecular weight excluding hydrogens is 1000 g/mol. The van der Waals surface area contributed by atoms with Crippen molar-refractivity contribution in [3.8, 4) is 0 Å². The summed E-state index contributed by atoms with van der Waals surface area (Å²) in [6, 6.07) is 24.9. The smallest absolute Gasteiger partial charge is 0.258 e. The minimum atomic E-state index is -7.22. The van der Waals surface area contributed by atoms with Crippen LogP contribution in [0.5, 0.6) is 0 Å². The van der Waals surface area contributed by atoms with E-state index < -0.39 is 159 Å². The normalized spacial score (nSPS) is 11.7. The number of hydrogen-bond donors (Lipinski definition) is 0. The van der Waals surface area contributed by atoms with Crippen LogP contribution < -0.4 is 21.9 Å². The van der Waals surface area contributed by atoms with Crippen molar-refractivity contribution >= 4 is 43.6 Å². The predicted molar refractivity (Wildman–Crippen MR) is 203 cm³/mol. The summed E-state index contributed by atoms with van der Waals surface area (Å²) >= 11 is 0. The molecule has 7 aromatic carbocycles. The van der Waals surface area contributed by atoms with E-state index in [1.165, 1.54) is 12.1 Å². The molecule has 0 atom stereocenters. The Hall–Kier alpha value is -7.25. The monoisotopic (exact) mass is 1020 g/mol. The first-order valence-corrected chi connectivity index (χ1v) is 20.1. The van der Waals surface area contributed by atoms with E-state index in [0.717, 1.165) is 15.4 Å². The van der Waals surface area contributed by atoms with Crippen molar-refractivity contribution in [3.63, 3.8) is 0 Å². The van der Waals surface area contributed by atoms with Gasteiger partial charge in [0, 0.05) is 17.7 Å². The van der Waals surface area contributed by atoms with E-state index in [0.29, 0.717) is 5.75 Å². The molecule has 0 N–H and O–H groups in total. The molecule has 7 aromatic rings. The van der Waals surface area contributed by atoms with Gasteiger partial charge in [0.15, 0.2) is 89.5 Å². The summed E-state index contributed by atoms with van der Waals surface area (Å²) in [6.07, 6.45) is -7.22. The lowest BCUT2D eigenvalue weighted by Gasteiger charge is -2.44. The van der Waals surface area contributed by atoms with Gasteiger partial charge in [-0.25, -0.2) is 87.8 Å². The van der Waals surface area contributed by atoms with E-state index in [-0.39, 0.29) is 5.69 Å². The molecule has 0 aromatic heterocycles. The van der Waals surface area contributed by atoms with E-state index in [1.807, 2.05) is 60.7 Å². The molecule has 0 heterocycles. The van der Waals surface area contributed by atoms with Crippen molar-refractivity contribution in [2.75, 3.05) is 0 Å². The lowest BCUT2D eigenvalue weighted by atomic mass is 9.12. The summed E-state index contributed by atoms with van der Waals surface area (Å²) in [5.74, 6) is -71.1.